The number of hydrazine groups is 1. The maximum absolute atomic E-state index is 12.5. The van der Waals surface area contributed by atoms with E-state index in [1.54, 1.807) is 23.1 Å². The van der Waals surface area contributed by atoms with Crippen molar-refractivity contribution in [2.24, 2.45) is 0 Å². The zero-order chi connectivity index (χ0) is 20.4. The van der Waals surface area contributed by atoms with E-state index in [0.717, 1.165) is 32.1 Å². The molecular formula is C21H22ClN3O3S. The molecule has 0 spiro atoms. The van der Waals surface area contributed by atoms with Crippen LogP contribution < -0.4 is 15.8 Å². The molecule has 1 saturated heterocycles. The van der Waals surface area contributed by atoms with E-state index in [-0.39, 0.29) is 11.8 Å². The molecule has 1 aromatic heterocycles. The molecule has 2 N–H and O–H groups in total. The van der Waals surface area contributed by atoms with Crippen LogP contribution in [0.1, 0.15) is 62.6 Å². The van der Waals surface area contributed by atoms with E-state index < -0.39 is 5.91 Å². The average Bonchev–Trinajstić information content (AvgIpc) is 3.26. The van der Waals surface area contributed by atoms with Gasteiger partial charge in [0.1, 0.15) is 0 Å². The summed E-state index contributed by atoms with van der Waals surface area (Å²) in [7, 11) is 0. The van der Waals surface area contributed by atoms with Gasteiger partial charge in [-0.05, 0) is 61.9 Å². The summed E-state index contributed by atoms with van der Waals surface area (Å²) in [4.78, 5) is 40.5. The van der Waals surface area contributed by atoms with Crippen molar-refractivity contribution >= 4 is 46.3 Å². The predicted octanol–water partition coefficient (Wildman–Crippen LogP) is 3.87. The van der Waals surface area contributed by atoms with Gasteiger partial charge in [-0.15, -0.1) is 11.3 Å². The van der Waals surface area contributed by atoms with Crippen LogP contribution >= 0.6 is 22.9 Å². The molecule has 3 amide bonds. The quantitative estimate of drug-likeness (QED) is 0.572. The van der Waals surface area contributed by atoms with Crippen molar-refractivity contribution in [3.05, 3.63) is 50.2 Å². The predicted molar refractivity (Wildman–Crippen MR) is 114 cm³/mol. The number of carbonyl (C=O) groups excluding carboxylic acids is 3. The van der Waals surface area contributed by atoms with Gasteiger partial charge in [-0.25, -0.2) is 0 Å². The normalized spacial score (nSPS) is 16.3. The van der Waals surface area contributed by atoms with Crippen molar-refractivity contribution in [3.8, 4) is 0 Å². The second-order valence-electron chi connectivity index (χ2n) is 7.34. The average molecular weight is 432 g/mol. The molecule has 2 aliphatic rings. The van der Waals surface area contributed by atoms with Crippen molar-refractivity contribution < 1.29 is 14.4 Å². The van der Waals surface area contributed by atoms with Gasteiger partial charge < -0.3 is 4.90 Å². The summed E-state index contributed by atoms with van der Waals surface area (Å²) in [5.74, 6) is -0.781. The Morgan fingerprint density at radius 3 is 2.55 bits per heavy atom. The molecule has 1 fully saturated rings. The number of thiophene rings is 1. The highest BCUT2D eigenvalue weighted by Crippen LogP contribution is 2.31. The van der Waals surface area contributed by atoms with Crippen LogP contribution in [0.2, 0.25) is 5.02 Å². The Morgan fingerprint density at radius 2 is 1.76 bits per heavy atom. The van der Waals surface area contributed by atoms with Gasteiger partial charge in [-0.3, -0.25) is 25.2 Å². The van der Waals surface area contributed by atoms with E-state index in [2.05, 4.69) is 10.9 Å². The number of nitrogens with one attached hydrogen (secondary N) is 2. The number of halogens is 1. The molecule has 0 atom stereocenters. The summed E-state index contributed by atoms with van der Waals surface area (Å²) in [6.45, 7) is 0.587. The number of anilines is 1. The topological polar surface area (TPSA) is 78.5 Å². The Hall–Kier alpha value is -2.38. The molecule has 1 aromatic carbocycles. The van der Waals surface area contributed by atoms with Crippen LogP contribution in [0.15, 0.2) is 24.3 Å². The van der Waals surface area contributed by atoms with Gasteiger partial charge in [0, 0.05) is 23.4 Å². The van der Waals surface area contributed by atoms with Crippen LogP contribution in [-0.4, -0.2) is 24.3 Å². The Morgan fingerprint density at radius 1 is 0.966 bits per heavy atom. The van der Waals surface area contributed by atoms with Crippen molar-refractivity contribution in [3.63, 3.8) is 0 Å². The van der Waals surface area contributed by atoms with E-state index in [4.69, 9.17) is 11.6 Å². The van der Waals surface area contributed by atoms with Gasteiger partial charge in [0.05, 0.1) is 15.6 Å². The molecule has 2 heterocycles. The summed E-state index contributed by atoms with van der Waals surface area (Å²) >= 11 is 7.72. The molecule has 29 heavy (non-hydrogen) atoms. The van der Waals surface area contributed by atoms with Crippen LogP contribution in [0, 0.1) is 0 Å². The molecule has 152 valence electrons. The maximum atomic E-state index is 12.5. The highest BCUT2D eigenvalue weighted by atomic mass is 35.5. The largest absolute Gasteiger partial charge is 0.311 e. The monoisotopic (exact) mass is 431 g/mol. The van der Waals surface area contributed by atoms with Crippen LogP contribution in [0.4, 0.5) is 5.69 Å². The van der Waals surface area contributed by atoms with Crippen molar-refractivity contribution in [1.29, 1.82) is 0 Å². The number of nitrogens with zero attached hydrogens (tertiary/aromatic N) is 1. The molecule has 1 aliphatic carbocycles. The SMILES string of the molecule is O=C(NNC(=O)c1cc2c(s1)CCCCC2)c1ccc(Cl)c(N2CCCC2=O)c1. The second kappa shape index (κ2) is 8.55. The minimum Gasteiger partial charge on any atom is -0.311 e. The Balaban J connectivity index is 1.42. The van der Waals surface area contributed by atoms with Gasteiger partial charge in [0.2, 0.25) is 5.91 Å². The number of fused-ring (bicyclic) bond motifs is 1. The molecule has 1 aliphatic heterocycles. The number of aryl methyl sites for hydroxylation is 2. The number of carbonyl (C=O) groups is 3. The fraction of sp³-hybridized carbons (Fsp3) is 0.381. The Kier molecular flexibility index (Phi) is 5.87. The first-order valence-corrected chi connectivity index (χ1v) is 11.0. The Labute approximate surface area is 178 Å². The fourth-order valence-electron chi connectivity index (χ4n) is 3.79. The lowest BCUT2D eigenvalue weighted by Crippen LogP contribution is -2.41. The van der Waals surface area contributed by atoms with E-state index in [1.807, 2.05) is 6.07 Å². The number of benzene rings is 1. The number of hydrogen-bond donors (Lipinski definition) is 2. The first kappa shape index (κ1) is 19.9. The summed E-state index contributed by atoms with van der Waals surface area (Å²) in [5.41, 5.74) is 7.05. The molecule has 8 heteroatoms. The summed E-state index contributed by atoms with van der Waals surface area (Å²) in [6.07, 6.45) is 6.81. The lowest BCUT2D eigenvalue weighted by atomic mass is 10.1. The summed E-state index contributed by atoms with van der Waals surface area (Å²) in [6, 6.07) is 6.68. The Bertz CT molecular complexity index is 949. The molecule has 0 radical (unpaired) electrons. The van der Waals surface area contributed by atoms with Gasteiger partial charge >= 0.3 is 0 Å². The highest BCUT2D eigenvalue weighted by molar-refractivity contribution is 7.14. The first-order valence-electron chi connectivity index (χ1n) is 9.85. The minimum absolute atomic E-state index is 0.00442. The molecular weight excluding hydrogens is 410 g/mol. The van der Waals surface area contributed by atoms with Crippen LogP contribution in [0.25, 0.3) is 0 Å². The van der Waals surface area contributed by atoms with Crippen LogP contribution in [-0.2, 0) is 17.6 Å². The van der Waals surface area contributed by atoms with Gasteiger partial charge in [0.25, 0.3) is 11.8 Å². The number of amides is 3. The van der Waals surface area contributed by atoms with Crippen molar-refractivity contribution in [2.75, 3.05) is 11.4 Å². The van der Waals surface area contributed by atoms with E-state index in [0.29, 0.717) is 34.1 Å². The van der Waals surface area contributed by atoms with Crippen molar-refractivity contribution in [2.45, 2.75) is 44.9 Å². The molecule has 0 unspecified atom stereocenters. The standard InChI is InChI=1S/C21H22ClN3O3S/c22-15-9-8-14(11-16(15)25-10-4-7-19(25)26)20(27)23-24-21(28)18-12-13-5-2-1-3-6-17(13)29-18/h8-9,11-12H,1-7,10H2,(H,23,27)(H,24,28). The van der Waals surface area contributed by atoms with Crippen LogP contribution in [0.5, 0.6) is 0 Å². The van der Waals surface area contributed by atoms with E-state index >= 15 is 0 Å². The molecule has 0 bridgehead atoms. The lowest BCUT2D eigenvalue weighted by Gasteiger charge is -2.18. The number of hydrogen-bond acceptors (Lipinski definition) is 4. The molecule has 0 saturated carbocycles. The lowest BCUT2D eigenvalue weighted by molar-refractivity contribution is -0.117. The summed E-state index contributed by atoms with van der Waals surface area (Å²) in [5, 5.41) is 0.418. The third-order valence-electron chi connectivity index (χ3n) is 5.33. The number of rotatable bonds is 3. The second-order valence-corrected chi connectivity index (χ2v) is 8.89. The van der Waals surface area contributed by atoms with Gasteiger partial charge in [-0.2, -0.15) is 0 Å². The zero-order valence-corrected chi connectivity index (χ0v) is 17.5. The third-order valence-corrected chi connectivity index (χ3v) is 6.89. The van der Waals surface area contributed by atoms with E-state index in [9.17, 15) is 14.4 Å². The van der Waals surface area contributed by atoms with Gasteiger partial charge in [0.15, 0.2) is 0 Å². The van der Waals surface area contributed by atoms with E-state index in [1.165, 1.54) is 28.2 Å². The zero-order valence-electron chi connectivity index (χ0n) is 15.9. The smallest absolute Gasteiger partial charge is 0.279 e. The third kappa shape index (κ3) is 4.31. The minimum atomic E-state index is -0.457. The molecule has 2 aromatic rings. The molecule has 6 nitrogen and oxygen atoms in total. The maximum Gasteiger partial charge on any atom is 0.279 e. The molecule has 4 rings (SSSR count). The summed E-state index contributed by atoms with van der Waals surface area (Å²) < 4.78 is 0. The highest BCUT2D eigenvalue weighted by Gasteiger charge is 2.24. The van der Waals surface area contributed by atoms with Crippen molar-refractivity contribution in [1.82, 2.24) is 10.9 Å². The van der Waals surface area contributed by atoms with Crippen LogP contribution in [0.3, 0.4) is 0 Å². The fourth-order valence-corrected chi connectivity index (χ4v) is 5.16. The first-order chi connectivity index (χ1) is 14.0. The van der Waals surface area contributed by atoms with Gasteiger partial charge in [-0.1, -0.05) is 18.0 Å².